The Bertz CT molecular complexity index is 196. The number of allylic oxidation sites excluding steroid dienone is 1. The molecule has 0 spiro atoms. The maximum absolute atomic E-state index is 11.6. The first-order valence-corrected chi connectivity index (χ1v) is 5.12. The Balaban J connectivity index is 2.49. The van der Waals surface area contributed by atoms with Crippen molar-refractivity contribution in [3.8, 4) is 0 Å². The SMILES string of the molecule is CC(C)=CC(=O)C1CCCCCN1. The zero-order valence-electron chi connectivity index (χ0n) is 8.60. The Morgan fingerprint density at radius 2 is 2.08 bits per heavy atom. The normalized spacial score (nSPS) is 23.4. The highest BCUT2D eigenvalue weighted by Crippen LogP contribution is 2.10. The lowest BCUT2D eigenvalue weighted by molar-refractivity contribution is -0.116. The van der Waals surface area contributed by atoms with E-state index in [1.165, 1.54) is 19.3 Å². The summed E-state index contributed by atoms with van der Waals surface area (Å²) in [4.78, 5) is 11.6. The number of hydrogen-bond donors (Lipinski definition) is 1. The number of carbonyl (C=O) groups excluding carboxylic acids is 1. The van der Waals surface area contributed by atoms with Gasteiger partial charge in [0.05, 0.1) is 6.04 Å². The molecule has 2 nitrogen and oxygen atoms in total. The topological polar surface area (TPSA) is 29.1 Å². The van der Waals surface area contributed by atoms with Gasteiger partial charge in [-0.2, -0.15) is 0 Å². The first-order chi connectivity index (χ1) is 6.20. The molecule has 74 valence electrons. The van der Waals surface area contributed by atoms with Gasteiger partial charge in [-0.1, -0.05) is 18.4 Å². The first kappa shape index (κ1) is 10.5. The fraction of sp³-hybridized carbons (Fsp3) is 0.727. The van der Waals surface area contributed by atoms with E-state index in [1.54, 1.807) is 6.08 Å². The van der Waals surface area contributed by atoms with Gasteiger partial charge in [-0.05, 0) is 39.3 Å². The Hall–Kier alpha value is -0.630. The van der Waals surface area contributed by atoms with Crippen LogP contribution in [0.1, 0.15) is 39.5 Å². The van der Waals surface area contributed by atoms with E-state index < -0.39 is 0 Å². The molecule has 1 aliphatic rings. The van der Waals surface area contributed by atoms with Crippen molar-refractivity contribution < 1.29 is 4.79 Å². The summed E-state index contributed by atoms with van der Waals surface area (Å²) in [5, 5.41) is 3.29. The highest BCUT2D eigenvalue weighted by Gasteiger charge is 2.16. The van der Waals surface area contributed by atoms with Crippen molar-refractivity contribution >= 4 is 5.78 Å². The van der Waals surface area contributed by atoms with Crippen molar-refractivity contribution in [2.45, 2.75) is 45.6 Å². The molecule has 1 N–H and O–H groups in total. The quantitative estimate of drug-likeness (QED) is 0.661. The molecule has 1 aliphatic heterocycles. The Morgan fingerprint density at radius 1 is 1.31 bits per heavy atom. The largest absolute Gasteiger partial charge is 0.307 e. The molecule has 1 rings (SSSR count). The molecule has 0 bridgehead atoms. The molecule has 0 aliphatic carbocycles. The Morgan fingerprint density at radius 3 is 2.77 bits per heavy atom. The maximum atomic E-state index is 11.6. The third-order valence-electron chi connectivity index (χ3n) is 2.33. The number of carbonyl (C=O) groups is 1. The van der Waals surface area contributed by atoms with Gasteiger partial charge in [-0.25, -0.2) is 0 Å². The summed E-state index contributed by atoms with van der Waals surface area (Å²) in [5.41, 5.74) is 1.09. The van der Waals surface area contributed by atoms with Crippen LogP contribution in [-0.2, 0) is 4.79 Å². The van der Waals surface area contributed by atoms with Crippen LogP contribution in [0.25, 0.3) is 0 Å². The molecule has 0 aromatic carbocycles. The molecule has 2 heteroatoms. The summed E-state index contributed by atoms with van der Waals surface area (Å²) in [6, 6.07) is 0.0809. The van der Waals surface area contributed by atoms with Crippen LogP contribution in [0.15, 0.2) is 11.6 Å². The van der Waals surface area contributed by atoms with Crippen molar-refractivity contribution in [2.75, 3.05) is 6.54 Å². The maximum Gasteiger partial charge on any atom is 0.172 e. The van der Waals surface area contributed by atoms with Gasteiger partial charge in [0, 0.05) is 0 Å². The molecule has 0 aromatic rings. The molecule has 0 radical (unpaired) electrons. The summed E-state index contributed by atoms with van der Waals surface area (Å²) in [6.07, 6.45) is 6.40. The summed E-state index contributed by atoms with van der Waals surface area (Å²) in [6.45, 7) is 4.93. The molecular weight excluding hydrogens is 162 g/mol. The standard InChI is InChI=1S/C11H19NO/c1-9(2)8-11(13)10-6-4-3-5-7-12-10/h8,10,12H,3-7H2,1-2H3. The van der Waals surface area contributed by atoms with E-state index in [-0.39, 0.29) is 11.8 Å². The predicted octanol–water partition coefficient (Wildman–Crippen LogP) is 2.05. The lowest BCUT2D eigenvalue weighted by Crippen LogP contribution is -2.35. The monoisotopic (exact) mass is 181 g/mol. The molecule has 13 heavy (non-hydrogen) atoms. The third-order valence-corrected chi connectivity index (χ3v) is 2.33. The number of rotatable bonds is 2. The highest BCUT2D eigenvalue weighted by molar-refractivity contribution is 5.94. The van der Waals surface area contributed by atoms with Crippen molar-refractivity contribution in [1.29, 1.82) is 0 Å². The number of ketones is 1. The zero-order valence-corrected chi connectivity index (χ0v) is 8.60. The van der Waals surface area contributed by atoms with Gasteiger partial charge < -0.3 is 5.32 Å². The lowest BCUT2D eigenvalue weighted by atomic mass is 10.1. The average molecular weight is 181 g/mol. The van der Waals surface area contributed by atoms with Crippen LogP contribution in [0.5, 0.6) is 0 Å². The predicted molar refractivity (Wildman–Crippen MR) is 54.7 cm³/mol. The van der Waals surface area contributed by atoms with Crippen molar-refractivity contribution in [1.82, 2.24) is 5.32 Å². The fourth-order valence-corrected chi connectivity index (χ4v) is 1.66. The Labute approximate surface area is 80.4 Å². The van der Waals surface area contributed by atoms with E-state index in [9.17, 15) is 4.79 Å². The zero-order chi connectivity index (χ0) is 9.68. The third kappa shape index (κ3) is 3.73. The van der Waals surface area contributed by atoms with Gasteiger partial charge in [0.1, 0.15) is 0 Å². The second-order valence-corrected chi connectivity index (χ2v) is 3.98. The molecule has 0 aromatic heterocycles. The van der Waals surface area contributed by atoms with Crippen molar-refractivity contribution in [3.05, 3.63) is 11.6 Å². The smallest absolute Gasteiger partial charge is 0.172 e. The van der Waals surface area contributed by atoms with E-state index >= 15 is 0 Å². The second kappa shape index (κ2) is 5.18. The van der Waals surface area contributed by atoms with Crippen LogP contribution in [0.4, 0.5) is 0 Å². The van der Waals surface area contributed by atoms with Crippen LogP contribution in [-0.4, -0.2) is 18.4 Å². The van der Waals surface area contributed by atoms with Crippen LogP contribution < -0.4 is 5.32 Å². The minimum absolute atomic E-state index is 0.0809. The first-order valence-electron chi connectivity index (χ1n) is 5.12. The summed E-state index contributed by atoms with van der Waals surface area (Å²) >= 11 is 0. The summed E-state index contributed by atoms with van der Waals surface area (Å²) in [7, 11) is 0. The van der Waals surface area contributed by atoms with E-state index in [4.69, 9.17) is 0 Å². The second-order valence-electron chi connectivity index (χ2n) is 3.98. The molecule has 0 amide bonds. The molecular formula is C11H19NO. The molecule has 1 fully saturated rings. The van der Waals surface area contributed by atoms with E-state index in [0.717, 1.165) is 18.5 Å². The lowest BCUT2D eigenvalue weighted by Gasteiger charge is -2.11. The fourth-order valence-electron chi connectivity index (χ4n) is 1.66. The highest BCUT2D eigenvalue weighted by atomic mass is 16.1. The molecule has 1 heterocycles. The van der Waals surface area contributed by atoms with Crippen LogP contribution in [0.2, 0.25) is 0 Å². The molecule has 1 unspecified atom stereocenters. The van der Waals surface area contributed by atoms with E-state index in [0.29, 0.717) is 0 Å². The van der Waals surface area contributed by atoms with Crippen molar-refractivity contribution in [3.63, 3.8) is 0 Å². The van der Waals surface area contributed by atoms with Gasteiger partial charge in [0.2, 0.25) is 0 Å². The number of nitrogens with one attached hydrogen (secondary N) is 1. The minimum Gasteiger partial charge on any atom is -0.307 e. The van der Waals surface area contributed by atoms with Gasteiger partial charge in [-0.3, -0.25) is 4.79 Å². The summed E-state index contributed by atoms with van der Waals surface area (Å²) < 4.78 is 0. The van der Waals surface area contributed by atoms with E-state index in [2.05, 4.69) is 5.32 Å². The van der Waals surface area contributed by atoms with Crippen LogP contribution in [0, 0.1) is 0 Å². The Kier molecular flexibility index (Phi) is 4.16. The minimum atomic E-state index is 0.0809. The van der Waals surface area contributed by atoms with Gasteiger partial charge in [0.15, 0.2) is 5.78 Å². The van der Waals surface area contributed by atoms with E-state index in [1.807, 2.05) is 13.8 Å². The van der Waals surface area contributed by atoms with Crippen LogP contribution >= 0.6 is 0 Å². The number of hydrogen-bond acceptors (Lipinski definition) is 2. The molecule has 1 atom stereocenters. The average Bonchev–Trinajstić information content (AvgIpc) is 2.29. The van der Waals surface area contributed by atoms with Gasteiger partial charge >= 0.3 is 0 Å². The van der Waals surface area contributed by atoms with Crippen molar-refractivity contribution in [2.24, 2.45) is 0 Å². The van der Waals surface area contributed by atoms with Crippen LogP contribution in [0.3, 0.4) is 0 Å². The van der Waals surface area contributed by atoms with Gasteiger partial charge in [0.25, 0.3) is 0 Å². The molecule has 1 saturated heterocycles. The summed E-state index contributed by atoms with van der Waals surface area (Å²) in [5.74, 6) is 0.252. The van der Waals surface area contributed by atoms with Gasteiger partial charge in [-0.15, -0.1) is 0 Å². The molecule has 0 saturated carbocycles.